The van der Waals surface area contributed by atoms with Gasteiger partial charge >= 0.3 is 0 Å². The fourth-order valence-electron chi connectivity index (χ4n) is 10.6. The van der Waals surface area contributed by atoms with E-state index < -0.39 is 0 Å². The van der Waals surface area contributed by atoms with Crippen molar-refractivity contribution >= 4 is 49.6 Å². The summed E-state index contributed by atoms with van der Waals surface area (Å²) in [7, 11) is 0. The standard InChI is InChI=1S/C33H38N4O.C25H30N4O.C8H9Br/c1-4-36(5-2)33(38)29-17-15-28(16-18-29)32(30-10-6-8-27-9-7-19-34-31(27)30)37-22-20-35(21-23-37)24-26-13-11-25(3)12-14-26;1-3-28(4-2)25(30)21-12-10-20(11-13-21)24(29-17-15-26-16-18-29)22-9-5-7-19-8-6-14-27-23(19)22;1-7-2-4-8(6-9)5-3-7/h6-19,32H,4-5,20-24H2,1-3H3;5-14,24,26H,3-4,15-18H2,1-2H3;2-5H,6H2,1H3. The van der Waals surface area contributed by atoms with E-state index in [4.69, 9.17) is 9.97 Å². The quantitative estimate of drug-likeness (QED) is 0.102. The van der Waals surface area contributed by atoms with Crippen LogP contribution in [-0.2, 0) is 11.9 Å². The van der Waals surface area contributed by atoms with E-state index in [1.54, 1.807) is 0 Å². The maximum Gasteiger partial charge on any atom is 0.253 e. The highest BCUT2D eigenvalue weighted by Crippen LogP contribution is 2.35. The van der Waals surface area contributed by atoms with E-state index in [2.05, 4.69) is 171 Å². The molecule has 2 aromatic heterocycles. The number of nitrogens with zero attached hydrogens (tertiary/aromatic N) is 7. The van der Waals surface area contributed by atoms with Crippen LogP contribution in [0.15, 0.2) is 170 Å². The number of aromatic nitrogens is 2. The van der Waals surface area contributed by atoms with Crippen LogP contribution in [-0.4, -0.2) is 125 Å². The number of halogens is 1. The van der Waals surface area contributed by atoms with E-state index >= 15 is 0 Å². The zero-order valence-corrected chi connectivity index (χ0v) is 47.6. The lowest BCUT2D eigenvalue weighted by atomic mass is 9.93. The SMILES string of the molecule is CCN(CC)C(=O)c1ccc(C(c2cccc3cccnc23)N2CCN(Cc3ccc(C)cc3)CC2)cc1.CCN(CC)C(=O)c1ccc(C(c2cccc3cccnc23)N2CCNCC2)cc1.Cc1ccc(CBr)cc1. The summed E-state index contributed by atoms with van der Waals surface area (Å²) < 4.78 is 0. The number of pyridine rings is 2. The van der Waals surface area contributed by atoms with Crippen LogP contribution in [0.1, 0.15) is 105 Å². The number of hydrogen-bond acceptors (Lipinski definition) is 8. The van der Waals surface area contributed by atoms with E-state index in [0.717, 1.165) is 110 Å². The van der Waals surface area contributed by atoms with Crippen molar-refractivity contribution in [2.75, 3.05) is 78.5 Å². The molecule has 11 heteroatoms. The summed E-state index contributed by atoms with van der Waals surface area (Å²) in [5.74, 6) is 0.187. The first-order chi connectivity index (χ1) is 37.6. The number of rotatable bonds is 15. The molecule has 6 aromatic carbocycles. The molecule has 0 aliphatic carbocycles. The average Bonchev–Trinajstić information content (AvgIpc) is 3.48. The van der Waals surface area contributed by atoms with Gasteiger partial charge in [0.15, 0.2) is 0 Å². The Labute approximate surface area is 466 Å². The number of nitrogens with one attached hydrogen (secondary N) is 1. The van der Waals surface area contributed by atoms with E-state index in [1.165, 1.54) is 44.5 Å². The molecule has 77 heavy (non-hydrogen) atoms. The third kappa shape index (κ3) is 14.5. The van der Waals surface area contributed by atoms with Gasteiger partial charge in [-0.15, -0.1) is 0 Å². The highest BCUT2D eigenvalue weighted by Gasteiger charge is 2.30. The molecule has 2 aliphatic rings. The summed E-state index contributed by atoms with van der Waals surface area (Å²) in [6.07, 6.45) is 3.75. The first-order valence-electron chi connectivity index (χ1n) is 27.7. The minimum Gasteiger partial charge on any atom is -0.339 e. The van der Waals surface area contributed by atoms with Crippen molar-refractivity contribution in [3.8, 4) is 0 Å². The van der Waals surface area contributed by atoms with Crippen LogP contribution in [0.3, 0.4) is 0 Å². The molecule has 2 amide bonds. The Balaban J connectivity index is 0.000000178. The van der Waals surface area contributed by atoms with Gasteiger partial charge in [-0.1, -0.05) is 148 Å². The molecule has 4 heterocycles. The molecule has 1 N–H and O–H groups in total. The fraction of sp³-hybridized carbons (Fsp3) is 0.333. The Morgan fingerprint density at radius 1 is 0.506 bits per heavy atom. The van der Waals surface area contributed by atoms with Gasteiger partial charge in [-0.2, -0.15) is 0 Å². The molecule has 0 radical (unpaired) electrons. The van der Waals surface area contributed by atoms with Crippen LogP contribution < -0.4 is 5.32 Å². The van der Waals surface area contributed by atoms with E-state index in [9.17, 15) is 9.59 Å². The van der Waals surface area contributed by atoms with Gasteiger partial charge in [0.05, 0.1) is 23.1 Å². The summed E-state index contributed by atoms with van der Waals surface area (Å²) >= 11 is 3.38. The summed E-state index contributed by atoms with van der Waals surface area (Å²) in [6, 6.07) is 55.2. The van der Waals surface area contributed by atoms with Gasteiger partial charge in [0.2, 0.25) is 0 Å². The average molecular weight is 1090 g/mol. The lowest BCUT2D eigenvalue weighted by Gasteiger charge is -2.40. The van der Waals surface area contributed by atoms with Crippen LogP contribution in [0.2, 0.25) is 0 Å². The summed E-state index contributed by atoms with van der Waals surface area (Å²) in [5, 5.41) is 6.71. The Morgan fingerprint density at radius 3 is 1.32 bits per heavy atom. The molecular weight excluding hydrogens is 1020 g/mol. The van der Waals surface area contributed by atoms with Gasteiger partial charge in [-0.3, -0.25) is 34.3 Å². The van der Waals surface area contributed by atoms with Crippen LogP contribution in [0.25, 0.3) is 21.8 Å². The van der Waals surface area contributed by atoms with Crippen LogP contribution >= 0.6 is 15.9 Å². The van der Waals surface area contributed by atoms with Gasteiger partial charge < -0.3 is 15.1 Å². The number of aryl methyl sites for hydroxylation is 2. The van der Waals surface area contributed by atoms with Gasteiger partial charge in [-0.05, 0) is 100 Å². The Morgan fingerprint density at radius 2 is 0.909 bits per heavy atom. The van der Waals surface area contributed by atoms with Crippen molar-refractivity contribution in [1.82, 2.24) is 39.8 Å². The first kappa shape index (κ1) is 56.6. The van der Waals surface area contributed by atoms with Crippen molar-refractivity contribution in [3.63, 3.8) is 0 Å². The first-order valence-corrected chi connectivity index (χ1v) is 28.8. The molecule has 10 nitrogen and oxygen atoms in total. The second-order valence-corrected chi connectivity index (χ2v) is 20.6. The lowest BCUT2D eigenvalue weighted by Crippen LogP contribution is -2.47. The zero-order valence-electron chi connectivity index (χ0n) is 46.0. The number of fused-ring (bicyclic) bond motifs is 2. The van der Waals surface area contributed by atoms with Crippen molar-refractivity contribution < 1.29 is 9.59 Å². The number of para-hydroxylation sites is 2. The number of carbonyl (C=O) groups is 2. The second-order valence-electron chi connectivity index (χ2n) is 20.1. The number of piperazine rings is 2. The topological polar surface area (TPSA) is 88.2 Å². The number of amides is 2. The molecule has 2 atom stereocenters. The number of benzene rings is 6. The molecule has 2 fully saturated rings. The smallest absolute Gasteiger partial charge is 0.253 e. The number of hydrogen-bond donors (Lipinski definition) is 1. The molecule has 10 rings (SSSR count). The van der Waals surface area contributed by atoms with Crippen molar-refractivity contribution in [2.24, 2.45) is 0 Å². The molecule has 2 aliphatic heterocycles. The monoisotopic (exact) mass is 1090 g/mol. The molecule has 0 bridgehead atoms. The minimum atomic E-state index is 0.0766. The van der Waals surface area contributed by atoms with E-state index in [-0.39, 0.29) is 23.9 Å². The fourth-order valence-corrected chi connectivity index (χ4v) is 11.0. The van der Waals surface area contributed by atoms with Crippen LogP contribution in [0.4, 0.5) is 0 Å². The maximum absolute atomic E-state index is 12.9. The highest BCUT2D eigenvalue weighted by molar-refractivity contribution is 9.08. The molecule has 8 aromatic rings. The highest BCUT2D eigenvalue weighted by atomic mass is 79.9. The number of carbonyl (C=O) groups excluding carboxylic acids is 2. The lowest BCUT2D eigenvalue weighted by molar-refractivity contribution is 0.0765. The van der Waals surface area contributed by atoms with Crippen molar-refractivity contribution in [1.29, 1.82) is 0 Å². The Hall–Kier alpha value is -6.60. The summed E-state index contributed by atoms with van der Waals surface area (Å²) in [5.41, 5.74) is 13.8. The third-order valence-corrected chi connectivity index (χ3v) is 15.7. The van der Waals surface area contributed by atoms with Crippen LogP contribution in [0, 0.1) is 13.8 Å². The molecule has 2 unspecified atom stereocenters. The maximum atomic E-state index is 12.9. The second kappa shape index (κ2) is 28.1. The molecular formula is C66H77BrN8O2. The Bertz CT molecular complexity index is 3100. The predicted molar refractivity (Wildman–Crippen MR) is 321 cm³/mol. The van der Waals surface area contributed by atoms with Crippen molar-refractivity contribution in [2.45, 2.75) is 65.5 Å². The summed E-state index contributed by atoms with van der Waals surface area (Å²) in [6.45, 7) is 24.1. The van der Waals surface area contributed by atoms with Gasteiger partial charge in [0.1, 0.15) is 0 Å². The molecule has 0 spiro atoms. The van der Waals surface area contributed by atoms with Crippen molar-refractivity contribution in [3.05, 3.63) is 226 Å². The van der Waals surface area contributed by atoms with Gasteiger partial charge in [0, 0.05) is 136 Å². The number of alkyl halides is 1. The van der Waals surface area contributed by atoms with E-state index in [0.29, 0.717) is 13.1 Å². The summed E-state index contributed by atoms with van der Waals surface area (Å²) in [4.78, 5) is 46.5. The van der Waals surface area contributed by atoms with Crippen LogP contribution in [0.5, 0.6) is 0 Å². The van der Waals surface area contributed by atoms with Gasteiger partial charge in [0.25, 0.3) is 11.8 Å². The molecule has 400 valence electrons. The minimum absolute atomic E-state index is 0.0766. The normalized spacial score (nSPS) is 14.9. The largest absolute Gasteiger partial charge is 0.339 e. The van der Waals surface area contributed by atoms with E-state index in [1.807, 2.05) is 86.3 Å². The molecule has 0 saturated carbocycles. The van der Waals surface area contributed by atoms with Gasteiger partial charge in [-0.25, -0.2) is 0 Å². The zero-order chi connectivity index (χ0) is 54.1. The predicted octanol–water partition coefficient (Wildman–Crippen LogP) is 12.5. The Kier molecular flexibility index (Phi) is 20.7. The molecule has 2 saturated heterocycles. The third-order valence-electron chi connectivity index (χ3n) is 15.1.